The lowest BCUT2D eigenvalue weighted by molar-refractivity contribution is -0.304. The minimum absolute atomic E-state index is 0.142. The van der Waals surface area contributed by atoms with Crippen LogP contribution in [-0.4, -0.2) is 42.9 Å². The highest BCUT2D eigenvalue weighted by atomic mass is 35.5. The number of benzene rings is 1. The van der Waals surface area contributed by atoms with Gasteiger partial charge in [-0.2, -0.15) is 0 Å². The van der Waals surface area contributed by atoms with Crippen molar-refractivity contribution in [2.45, 2.75) is 52.6 Å². The van der Waals surface area contributed by atoms with E-state index in [0.717, 1.165) is 6.07 Å². The molecule has 0 aromatic heterocycles. The van der Waals surface area contributed by atoms with Gasteiger partial charge in [-0.05, 0) is 39.0 Å². The van der Waals surface area contributed by atoms with Crippen LogP contribution in [0.15, 0.2) is 18.2 Å². The van der Waals surface area contributed by atoms with Gasteiger partial charge in [-0.1, -0.05) is 25.4 Å². The zero-order chi connectivity index (χ0) is 20.4. The highest BCUT2D eigenvalue weighted by Crippen LogP contribution is 2.34. The lowest BCUT2D eigenvalue weighted by Crippen LogP contribution is -2.57. The number of hydrogen-bond acceptors (Lipinski definition) is 4. The van der Waals surface area contributed by atoms with Crippen molar-refractivity contribution in [3.05, 3.63) is 34.6 Å². The van der Waals surface area contributed by atoms with E-state index in [1.807, 2.05) is 13.8 Å². The Labute approximate surface area is 163 Å². The fraction of sp³-hybridized carbons (Fsp3) is 0.579. The Balaban J connectivity index is 1.92. The first-order valence-corrected chi connectivity index (χ1v) is 9.14. The van der Waals surface area contributed by atoms with Gasteiger partial charge in [0, 0.05) is 23.0 Å². The Morgan fingerprint density at radius 1 is 1.33 bits per heavy atom. The van der Waals surface area contributed by atoms with Crippen LogP contribution in [0.4, 0.5) is 4.39 Å². The summed E-state index contributed by atoms with van der Waals surface area (Å²) < 4.78 is 25.1. The van der Waals surface area contributed by atoms with E-state index in [9.17, 15) is 14.0 Å². The average Bonchev–Trinajstić information content (AvgIpc) is 2.57. The average molecular weight is 401 g/mol. The molecule has 0 radical (unpaired) electrons. The summed E-state index contributed by atoms with van der Waals surface area (Å²) in [6.07, 6.45) is -0.686. The molecule has 0 aliphatic carbocycles. The summed E-state index contributed by atoms with van der Waals surface area (Å²) in [5, 5.41) is 5.68. The molecule has 1 aliphatic heterocycles. The molecule has 27 heavy (non-hydrogen) atoms. The van der Waals surface area contributed by atoms with E-state index in [1.54, 1.807) is 20.8 Å². The highest BCUT2D eigenvalue weighted by Gasteiger charge is 2.45. The Morgan fingerprint density at radius 3 is 2.67 bits per heavy atom. The Bertz CT molecular complexity index is 724. The normalized spacial score (nSPS) is 22.0. The first-order chi connectivity index (χ1) is 12.4. The van der Waals surface area contributed by atoms with Crippen LogP contribution < -0.4 is 10.6 Å². The molecule has 6 nitrogen and oxygen atoms in total. The highest BCUT2D eigenvalue weighted by molar-refractivity contribution is 6.31. The van der Waals surface area contributed by atoms with Crippen molar-refractivity contribution in [2.75, 3.05) is 13.2 Å². The first kappa shape index (κ1) is 21.6. The number of amides is 2. The lowest BCUT2D eigenvalue weighted by Gasteiger charge is -2.44. The molecule has 2 rings (SSSR count). The van der Waals surface area contributed by atoms with Crippen LogP contribution >= 0.6 is 11.6 Å². The van der Waals surface area contributed by atoms with Crippen LogP contribution in [0.5, 0.6) is 0 Å². The maximum absolute atomic E-state index is 13.8. The second-order valence-electron chi connectivity index (χ2n) is 7.92. The monoisotopic (exact) mass is 400 g/mol. The number of carbonyl (C=O) groups excluding carboxylic acids is 2. The van der Waals surface area contributed by atoms with Crippen molar-refractivity contribution in [2.24, 2.45) is 5.41 Å². The lowest BCUT2D eigenvalue weighted by atomic mass is 9.85. The Kier molecular flexibility index (Phi) is 6.50. The van der Waals surface area contributed by atoms with Crippen LogP contribution in [0, 0.1) is 11.2 Å². The first-order valence-electron chi connectivity index (χ1n) is 8.77. The third kappa shape index (κ3) is 5.64. The van der Waals surface area contributed by atoms with Gasteiger partial charge in [-0.15, -0.1) is 0 Å². The molecule has 0 unspecified atom stereocenters. The van der Waals surface area contributed by atoms with Crippen LogP contribution in [-0.2, 0) is 14.3 Å². The van der Waals surface area contributed by atoms with Crippen molar-refractivity contribution >= 4 is 23.4 Å². The molecule has 0 bridgehead atoms. The number of nitrogens with one attached hydrogen (secondary N) is 2. The summed E-state index contributed by atoms with van der Waals surface area (Å²) in [4.78, 5) is 24.8. The summed E-state index contributed by atoms with van der Waals surface area (Å²) in [6.45, 7) is 9.55. The molecule has 1 heterocycles. The van der Waals surface area contributed by atoms with Gasteiger partial charge in [0.1, 0.15) is 11.9 Å². The second-order valence-corrected chi connectivity index (χ2v) is 8.36. The number of rotatable bonds is 5. The van der Waals surface area contributed by atoms with Crippen molar-refractivity contribution in [3.63, 3.8) is 0 Å². The van der Waals surface area contributed by atoms with Gasteiger partial charge in [-0.25, -0.2) is 4.39 Å². The molecule has 1 aromatic rings. The quantitative estimate of drug-likeness (QED) is 0.796. The predicted molar refractivity (Wildman–Crippen MR) is 100 cm³/mol. The Hall–Kier alpha value is -1.70. The molecule has 2 atom stereocenters. The van der Waals surface area contributed by atoms with Gasteiger partial charge < -0.3 is 20.1 Å². The van der Waals surface area contributed by atoms with E-state index in [0.29, 0.717) is 6.61 Å². The standard InChI is InChI=1S/C19H26ClFN2O4/c1-11(23-16(24)13-8-12(20)6-7-14(13)21)9-22-17(25)15-18(2,3)10-26-19(4,5)27-15/h6-8,11,15H,9-10H2,1-5H3,(H,22,25)(H,23,24)/t11-,15-/m0/s1. The zero-order valence-corrected chi connectivity index (χ0v) is 16.9. The molecule has 8 heteroatoms. The molecular weight excluding hydrogens is 375 g/mol. The maximum Gasteiger partial charge on any atom is 0.254 e. The van der Waals surface area contributed by atoms with Crippen LogP contribution in [0.1, 0.15) is 45.0 Å². The molecule has 0 saturated carbocycles. The van der Waals surface area contributed by atoms with Crippen molar-refractivity contribution in [1.82, 2.24) is 10.6 Å². The molecule has 2 amide bonds. The molecular formula is C19H26ClFN2O4. The summed E-state index contributed by atoms with van der Waals surface area (Å²) >= 11 is 5.81. The third-order valence-electron chi connectivity index (χ3n) is 4.27. The van der Waals surface area contributed by atoms with Gasteiger partial charge >= 0.3 is 0 Å². The minimum atomic E-state index is -0.846. The van der Waals surface area contributed by atoms with E-state index < -0.39 is 35.1 Å². The molecule has 1 fully saturated rings. The fourth-order valence-corrected chi connectivity index (χ4v) is 2.86. The van der Waals surface area contributed by atoms with E-state index in [-0.39, 0.29) is 23.0 Å². The molecule has 2 N–H and O–H groups in total. The topological polar surface area (TPSA) is 76.7 Å². The molecule has 0 spiro atoms. The van der Waals surface area contributed by atoms with Crippen molar-refractivity contribution in [1.29, 1.82) is 0 Å². The van der Waals surface area contributed by atoms with Crippen molar-refractivity contribution in [3.8, 4) is 0 Å². The van der Waals surface area contributed by atoms with Gasteiger partial charge in [0.2, 0.25) is 5.91 Å². The summed E-state index contributed by atoms with van der Waals surface area (Å²) in [5.41, 5.74) is -0.632. The molecule has 1 saturated heterocycles. The number of carbonyl (C=O) groups is 2. The molecule has 1 aromatic carbocycles. The molecule has 150 valence electrons. The summed E-state index contributed by atoms with van der Waals surface area (Å²) in [6, 6.07) is 3.35. The van der Waals surface area contributed by atoms with Gasteiger partial charge in [0.05, 0.1) is 12.2 Å². The number of ether oxygens (including phenoxy) is 2. The number of halogens is 2. The minimum Gasteiger partial charge on any atom is -0.352 e. The predicted octanol–water partition coefficient (Wildman–Crippen LogP) is 2.89. The van der Waals surface area contributed by atoms with Crippen LogP contribution in [0.2, 0.25) is 5.02 Å². The fourth-order valence-electron chi connectivity index (χ4n) is 2.69. The van der Waals surface area contributed by atoms with Crippen LogP contribution in [0.25, 0.3) is 0 Å². The van der Waals surface area contributed by atoms with Crippen molar-refractivity contribution < 1.29 is 23.5 Å². The SMILES string of the molecule is C[C@@H](CNC(=O)[C@@H]1OC(C)(C)OCC1(C)C)NC(=O)c1cc(Cl)ccc1F. The van der Waals surface area contributed by atoms with E-state index in [1.165, 1.54) is 12.1 Å². The summed E-state index contributed by atoms with van der Waals surface area (Å²) in [7, 11) is 0. The van der Waals surface area contributed by atoms with E-state index in [4.69, 9.17) is 21.1 Å². The smallest absolute Gasteiger partial charge is 0.254 e. The zero-order valence-electron chi connectivity index (χ0n) is 16.2. The summed E-state index contributed by atoms with van der Waals surface area (Å²) in [5.74, 6) is -2.39. The van der Waals surface area contributed by atoms with Crippen LogP contribution in [0.3, 0.4) is 0 Å². The third-order valence-corrected chi connectivity index (χ3v) is 4.51. The van der Waals surface area contributed by atoms with E-state index >= 15 is 0 Å². The van der Waals surface area contributed by atoms with Gasteiger partial charge in [-0.3, -0.25) is 9.59 Å². The van der Waals surface area contributed by atoms with Gasteiger partial charge in [0.25, 0.3) is 5.91 Å². The van der Waals surface area contributed by atoms with E-state index in [2.05, 4.69) is 10.6 Å². The largest absolute Gasteiger partial charge is 0.352 e. The van der Waals surface area contributed by atoms with Gasteiger partial charge in [0.15, 0.2) is 5.79 Å². The number of hydrogen-bond donors (Lipinski definition) is 2. The maximum atomic E-state index is 13.8. The Morgan fingerprint density at radius 2 is 2.00 bits per heavy atom. The second kappa shape index (κ2) is 8.12. The molecule has 1 aliphatic rings.